The molecule has 1 heteroatoms. The number of thioether (sulfide) groups is 1. The minimum Gasteiger partial charge on any atom is -0.165 e. The lowest BCUT2D eigenvalue weighted by Crippen LogP contribution is -1.87. The van der Waals surface area contributed by atoms with E-state index in [0.717, 1.165) is 0 Å². The summed E-state index contributed by atoms with van der Waals surface area (Å²) in [6.07, 6.45) is 2.10. The fourth-order valence-electron chi connectivity index (χ4n) is 0.285. The molecule has 1 atom stereocenters. The summed E-state index contributed by atoms with van der Waals surface area (Å²) < 4.78 is 0. The molecule has 0 saturated heterocycles. The maximum absolute atomic E-state index is 3.81. The first-order valence-corrected chi connectivity index (χ1v) is 3.48. The van der Waals surface area contributed by atoms with Crippen molar-refractivity contribution in [3.05, 3.63) is 6.92 Å². The Bertz CT molecular complexity index is 25.1. The van der Waals surface area contributed by atoms with Crippen molar-refractivity contribution in [2.45, 2.75) is 6.92 Å². The maximum Gasteiger partial charge on any atom is -0.00445 e. The Morgan fingerprint density at radius 1 is 1.83 bits per heavy atom. The van der Waals surface area contributed by atoms with Gasteiger partial charge in [-0.05, 0) is 24.9 Å². The van der Waals surface area contributed by atoms with Crippen molar-refractivity contribution in [2.24, 2.45) is 5.92 Å². The second-order valence-electron chi connectivity index (χ2n) is 1.56. The van der Waals surface area contributed by atoms with Crippen molar-refractivity contribution in [2.75, 3.05) is 12.0 Å². The predicted molar refractivity (Wildman–Crippen MR) is 32.9 cm³/mol. The van der Waals surface area contributed by atoms with Crippen LogP contribution in [0.15, 0.2) is 0 Å². The van der Waals surface area contributed by atoms with E-state index in [1.807, 2.05) is 11.8 Å². The van der Waals surface area contributed by atoms with Gasteiger partial charge in [0.25, 0.3) is 0 Å². The molecule has 0 aromatic rings. The third-order valence-corrected chi connectivity index (χ3v) is 1.35. The zero-order chi connectivity index (χ0) is 4.99. The van der Waals surface area contributed by atoms with E-state index >= 15 is 0 Å². The lowest BCUT2D eigenvalue weighted by atomic mass is 10.3. The van der Waals surface area contributed by atoms with E-state index in [1.165, 1.54) is 5.75 Å². The highest BCUT2D eigenvalue weighted by atomic mass is 32.2. The maximum atomic E-state index is 3.81. The van der Waals surface area contributed by atoms with Crippen LogP contribution in [0.3, 0.4) is 0 Å². The molecular formula is C5H11S. The third-order valence-electron chi connectivity index (χ3n) is 0.451. The second-order valence-corrected chi connectivity index (χ2v) is 2.47. The Hall–Kier alpha value is 0.350. The zero-order valence-corrected chi connectivity index (χ0v) is 5.22. The molecule has 0 aromatic carbocycles. The van der Waals surface area contributed by atoms with Crippen LogP contribution in [0.2, 0.25) is 0 Å². The molecule has 0 aliphatic heterocycles. The summed E-state index contributed by atoms with van der Waals surface area (Å²) in [5.41, 5.74) is 0. The Kier molecular flexibility index (Phi) is 3.74. The fourth-order valence-corrected chi connectivity index (χ4v) is 0.854. The lowest BCUT2D eigenvalue weighted by molar-refractivity contribution is 0.844. The van der Waals surface area contributed by atoms with E-state index in [4.69, 9.17) is 0 Å². The van der Waals surface area contributed by atoms with Gasteiger partial charge in [0.1, 0.15) is 0 Å². The molecule has 0 aromatic heterocycles. The number of hydrogen-bond donors (Lipinski definition) is 0. The van der Waals surface area contributed by atoms with E-state index in [-0.39, 0.29) is 0 Å². The summed E-state index contributed by atoms with van der Waals surface area (Å²) in [6.45, 7) is 5.93. The first-order chi connectivity index (χ1) is 2.77. The summed E-state index contributed by atoms with van der Waals surface area (Å²) >= 11 is 1.85. The fraction of sp³-hybridized carbons (Fsp3) is 0.800. The molecule has 0 aliphatic carbocycles. The quantitative estimate of drug-likeness (QED) is 0.513. The molecule has 0 nitrogen and oxygen atoms in total. The molecule has 0 bridgehead atoms. The number of rotatable bonds is 2. The normalized spacial score (nSPS) is 10.0. The van der Waals surface area contributed by atoms with Crippen LogP contribution in [-0.2, 0) is 0 Å². The monoisotopic (exact) mass is 103 g/mol. The molecule has 0 heterocycles. The average molecular weight is 103 g/mol. The molecular weight excluding hydrogens is 92.1 g/mol. The summed E-state index contributed by atoms with van der Waals surface area (Å²) in [6, 6.07) is 0. The first kappa shape index (κ1) is 6.35. The van der Waals surface area contributed by atoms with Crippen LogP contribution < -0.4 is 0 Å². The van der Waals surface area contributed by atoms with Gasteiger partial charge in [0.05, 0.1) is 0 Å². The van der Waals surface area contributed by atoms with Gasteiger partial charge >= 0.3 is 0 Å². The van der Waals surface area contributed by atoms with E-state index in [0.29, 0.717) is 5.92 Å². The van der Waals surface area contributed by atoms with E-state index in [2.05, 4.69) is 20.1 Å². The number of hydrogen-bond acceptors (Lipinski definition) is 1. The smallest absolute Gasteiger partial charge is 0.00445 e. The molecule has 0 spiro atoms. The Labute approximate surface area is 44.3 Å². The van der Waals surface area contributed by atoms with Gasteiger partial charge in [0.15, 0.2) is 0 Å². The van der Waals surface area contributed by atoms with Crippen LogP contribution in [-0.4, -0.2) is 12.0 Å². The van der Waals surface area contributed by atoms with Crippen LogP contribution >= 0.6 is 11.8 Å². The highest BCUT2D eigenvalue weighted by Crippen LogP contribution is 2.00. The Morgan fingerprint density at radius 3 is 2.33 bits per heavy atom. The van der Waals surface area contributed by atoms with Crippen molar-refractivity contribution < 1.29 is 0 Å². The van der Waals surface area contributed by atoms with Gasteiger partial charge in [-0.3, -0.25) is 0 Å². The predicted octanol–water partition coefficient (Wildman–Crippen LogP) is 1.82. The van der Waals surface area contributed by atoms with E-state index in [9.17, 15) is 0 Å². The minimum absolute atomic E-state index is 0.611. The van der Waals surface area contributed by atoms with Crippen molar-refractivity contribution in [1.29, 1.82) is 0 Å². The molecule has 0 amide bonds. The Morgan fingerprint density at radius 2 is 2.33 bits per heavy atom. The lowest BCUT2D eigenvalue weighted by Gasteiger charge is -1.95. The largest absolute Gasteiger partial charge is 0.165 e. The first-order valence-electron chi connectivity index (χ1n) is 2.09. The summed E-state index contributed by atoms with van der Waals surface area (Å²) in [7, 11) is 0. The summed E-state index contributed by atoms with van der Waals surface area (Å²) in [5.74, 6) is 1.79. The van der Waals surface area contributed by atoms with Crippen molar-refractivity contribution in [1.82, 2.24) is 0 Å². The van der Waals surface area contributed by atoms with Gasteiger partial charge in [-0.2, -0.15) is 11.8 Å². The van der Waals surface area contributed by atoms with Gasteiger partial charge in [-0.15, -0.1) is 0 Å². The molecule has 0 N–H and O–H groups in total. The molecule has 1 radical (unpaired) electrons. The summed E-state index contributed by atoms with van der Waals surface area (Å²) in [5, 5.41) is 0. The summed E-state index contributed by atoms with van der Waals surface area (Å²) in [4.78, 5) is 0. The second kappa shape index (κ2) is 3.54. The van der Waals surface area contributed by atoms with Gasteiger partial charge < -0.3 is 0 Å². The minimum atomic E-state index is 0.611. The van der Waals surface area contributed by atoms with Gasteiger partial charge in [0.2, 0.25) is 0 Å². The van der Waals surface area contributed by atoms with Gasteiger partial charge in [-0.1, -0.05) is 6.92 Å². The van der Waals surface area contributed by atoms with Crippen molar-refractivity contribution >= 4 is 11.8 Å². The molecule has 0 saturated carbocycles. The van der Waals surface area contributed by atoms with Gasteiger partial charge in [-0.25, -0.2) is 0 Å². The van der Waals surface area contributed by atoms with Crippen LogP contribution in [0.4, 0.5) is 0 Å². The van der Waals surface area contributed by atoms with Crippen LogP contribution in [0.1, 0.15) is 6.92 Å². The topological polar surface area (TPSA) is 0 Å². The highest BCUT2D eigenvalue weighted by molar-refractivity contribution is 7.98. The molecule has 6 heavy (non-hydrogen) atoms. The standard InChI is InChI=1S/C5H11S/c1-5(2)4-6-3/h5H,1,4H2,2-3H3. The van der Waals surface area contributed by atoms with Crippen LogP contribution in [0.25, 0.3) is 0 Å². The SMILES string of the molecule is [CH2]C(C)CSC. The highest BCUT2D eigenvalue weighted by Gasteiger charge is 1.86. The molecule has 0 fully saturated rings. The molecule has 0 aliphatic rings. The third kappa shape index (κ3) is 4.35. The molecule has 0 rings (SSSR count). The average Bonchev–Trinajstić information content (AvgIpc) is 1.35. The van der Waals surface area contributed by atoms with Crippen molar-refractivity contribution in [3.8, 4) is 0 Å². The zero-order valence-electron chi connectivity index (χ0n) is 4.40. The van der Waals surface area contributed by atoms with Crippen LogP contribution in [0.5, 0.6) is 0 Å². The van der Waals surface area contributed by atoms with Crippen molar-refractivity contribution in [3.63, 3.8) is 0 Å². The van der Waals surface area contributed by atoms with Crippen LogP contribution in [0, 0.1) is 12.8 Å². The molecule has 1 unspecified atom stereocenters. The molecule has 37 valence electrons. The van der Waals surface area contributed by atoms with Gasteiger partial charge in [0, 0.05) is 0 Å². The van der Waals surface area contributed by atoms with E-state index in [1.54, 1.807) is 0 Å². The van der Waals surface area contributed by atoms with E-state index < -0.39 is 0 Å². The Balaban J connectivity index is 2.63.